The molecule has 0 aliphatic carbocycles. The third-order valence-electron chi connectivity index (χ3n) is 6.35. The smallest absolute Gasteiger partial charge is 0.295 e. The minimum Gasteiger partial charge on any atom is -0.507 e. The second kappa shape index (κ2) is 11.1. The van der Waals surface area contributed by atoms with Crippen molar-refractivity contribution in [3.8, 4) is 5.75 Å². The molecule has 2 aromatic rings. The monoisotopic (exact) mass is 479 g/mol. The van der Waals surface area contributed by atoms with Crippen molar-refractivity contribution in [3.63, 3.8) is 0 Å². The number of rotatable bonds is 9. The number of ketones is 1. The summed E-state index contributed by atoms with van der Waals surface area (Å²) in [6.07, 6.45) is 1.47. The molecule has 0 bridgehead atoms. The predicted molar refractivity (Wildman–Crippen MR) is 138 cm³/mol. The summed E-state index contributed by atoms with van der Waals surface area (Å²) < 4.78 is 11.0. The van der Waals surface area contributed by atoms with Crippen molar-refractivity contribution in [3.05, 3.63) is 70.3 Å². The van der Waals surface area contributed by atoms with Crippen LogP contribution in [0.25, 0.3) is 5.76 Å². The molecule has 1 aliphatic heterocycles. The Balaban J connectivity index is 2.16. The summed E-state index contributed by atoms with van der Waals surface area (Å²) in [6, 6.07) is 12.6. The zero-order valence-corrected chi connectivity index (χ0v) is 21.7. The van der Waals surface area contributed by atoms with E-state index in [2.05, 4.69) is 27.7 Å². The maximum atomic E-state index is 13.3. The van der Waals surface area contributed by atoms with Crippen LogP contribution >= 0.6 is 0 Å². The molecular formula is C29H37NO5. The van der Waals surface area contributed by atoms with E-state index in [1.54, 1.807) is 18.1 Å². The lowest BCUT2D eigenvalue weighted by Crippen LogP contribution is -2.31. The van der Waals surface area contributed by atoms with Crippen LogP contribution < -0.4 is 4.74 Å². The van der Waals surface area contributed by atoms with Gasteiger partial charge in [-0.25, -0.2) is 0 Å². The minimum absolute atomic E-state index is 0.112. The number of aryl methyl sites for hydroxylation is 1. The summed E-state index contributed by atoms with van der Waals surface area (Å²) in [7, 11) is 1.60. The molecule has 6 nitrogen and oxygen atoms in total. The number of nitrogens with zero attached hydrogens (tertiary/aromatic N) is 1. The Morgan fingerprint density at radius 3 is 2.31 bits per heavy atom. The SMILES string of the molecule is CCOc1ccc(/C(O)=C2/C(=O)C(=O)N(CCCOC)C2c2ccc(CC)cc2)cc1C(C)(C)C. The van der Waals surface area contributed by atoms with Crippen LogP contribution in [-0.2, 0) is 26.2 Å². The fraction of sp³-hybridized carbons (Fsp3) is 0.448. The van der Waals surface area contributed by atoms with E-state index >= 15 is 0 Å². The molecule has 1 N–H and O–H groups in total. The van der Waals surface area contributed by atoms with E-state index in [4.69, 9.17) is 9.47 Å². The number of likely N-dealkylation sites (tertiary alicyclic amines) is 1. The van der Waals surface area contributed by atoms with Crippen LogP contribution in [0.15, 0.2) is 48.0 Å². The molecule has 6 heteroatoms. The number of benzene rings is 2. The van der Waals surface area contributed by atoms with E-state index in [0.717, 1.165) is 28.9 Å². The molecule has 1 saturated heterocycles. The molecule has 1 unspecified atom stereocenters. The summed E-state index contributed by atoms with van der Waals surface area (Å²) >= 11 is 0. The second-order valence-electron chi connectivity index (χ2n) is 9.83. The van der Waals surface area contributed by atoms with Crippen LogP contribution in [-0.4, -0.2) is 48.6 Å². The highest BCUT2D eigenvalue weighted by atomic mass is 16.5. The lowest BCUT2D eigenvalue weighted by atomic mass is 9.84. The van der Waals surface area contributed by atoms with Gasteiger partial charge >= 0.3 is 0 Å². The Hall–Kier alpha value is -3.12. The van der Waals surface area contributed by atoms with Crippen LogP contribution in [0.1, 0.15) is 69.3 Å². The second-order valence-corrected chi connectivity index (χ2v) is 9.83. The van der Waals surface area contributed by atoms with E-state index in [-0.39, 0.29) is 16.7 Å². The first-order chi connectivity index (χ1) is 16.6. The summed E-state index contributed by atoms with van der Waals surface area (Å²) in [6.45, 7) is 11.6. The largest absolute Gasteiger partial charge is 0.507 e. The number of amides is 1. The highest BCUT2D eigenvalue weighted by Crippen LogP contribution is 2.41. The normalized spacial score (nSPS) is 17.8. The minimum atomic E-state index is -0.671. The zero-order valence-electron chi connectivity index (χ0n) is 21.7. The third kappa shape index (κ3) is 5.59. The van der Waals surface area contributed by atoms with E-state index < -0.39 is 17.7 Å². The predicted octanol–water partition coefficient (Wildman–Crippen LogP) is 5.40. The summed E-state index contributed by atoms with van der Waals surface area (Å²) in [5.74, 6) is -0.705. The number of hydrogen-bond acceptors (Lipinski definition) is 5. The fourth-order valence-electron chi connectivity index (χ4n) is 4.47. The van der Waals surface area contributed by atoms with Crippen LogP contribution in [0.5, 0.6) is 5.75 Å². The molecule has 1 aliphatic rings. The Kier molecular flexibility index (Phi) is 8.39. The molecule has 35 heavy (non-hydrogen) atoms. The number of aliphatic hydroxyl groups is 1. The molecule has 2 aromatic carbocycles. The van der Waals surface area contributed by atoms with E-state index in [1.165, 1.54) is 0 Å². The molecule has 0 aromatic heterocycles. The Labute approximate surface area is 208 Å². The molecule has 0 radical (unpaired) electrons. The van der Waals surface area contributed by atoms with Gasteiger partial charge in [0.2, 0.25) is 0 Å². The average Bonchev–Trinajstić information content (AvgIpc) is 3.08. The zero-order chi connectivity index (χ0) is 25.8. The number of Topliss-reactive ketones (excluding diaryl/α,β-unsaturated/α-hetero) is 1. The van der Waals surface area contributed by atoms with Crippen molar-refractivity contribution in [1.82, 2.24) is 4.90 Å². The Bertz CT molecular complexity index is 1100. The van der Waals surface area contributed by atoms with Crippen LogP contribution in [0, 0.1) is 0 Å². The molecule has 3 rings (SSSR count). The first-order valence-corrected chi connectivity index (χ1v) is 12.3. The molecular weight excluding hydrogens is 442 g/mol. The summed E-state index contributed by atoms with van der Waals surface area (Å²) in [5, 5.41) is 11.5. The van der Waals surface area contributed by atoms with Gasteiger partial charge in [-0.2, -0.15) is 0 Å². The van der Waals surface area contributed by atoms with Crippen molar-refractivity contribution in [2.24, 2.45) is 0 Å². The molecule has 1 atom stereocenters. The topological polar surface area (TPSA) is 76.1 Å². The first-order valence-electron chi connectivity index (χ1n) is 12.3. The van der Waals surface area contributed by atoms with E-state index in [0.29, 0.717) is 31.7 Å². The Morgan fingerprint density at radius 1 is 1.06 bits per heavy atom. The highest BCUT2D eigenvalue weighted by molar-refractivity contribution is 6.46. The summed E-state index contributed by atoms with van der Waals surface area (Å²) in [4.78, 5) is 27.9. The molecule has 1 amide bonds. The van der Waals surface area contributed by atoms with Crippen LogP contribution in [0.3, 0.4) is 0 Å². The van der Waals surface area contributed by atoms with Crippen LogP contribution in [0.4, 0.5) is 0 Å². The number of carbonyl (C=O) groups is 2. The number of carbonyl (C=O) groups excluding carboxylic acids is 2. The van der Waals surface area contributed by atoms with Gasteiger partial charge in [0, 0.05) is 31.4 Å². The molecule has 188 valence electrons. The van der Waals surface area contributed by atoms with Gasteiger partial charge in [0.05, 0.1) is 18.2 Å². The fourth-order valence-corrected chi connectivity index (χ4v) is 4.47. The van der Waals surface area contributed by atoms with Crippen molar-refractivity contribution < 1.29 is 24.2 Å². The van der Waals surface area contributed by atoms with Crippen LogP contribution in [0.2, 0.25) is 0 Å². The van der Waals surface area contributed by atoms with Gasteiger partial charge in [-0.05, 0) is 54.5 Å². The number of methoxy groups -OCH3 is 1. The van der Waals surface area contributed by atoms with Gasteiger partial charge in [-0.3, -0.25) is 9.59 Å². The average molecular weight is 480 g/mol. The van der Waals surface area contributed by atoms with Gasteiger partial charge in [-0.1, -0.05) is 52.0 Å². The first kappa shape index (κ1) is 26.5. The molecule has 0 saturated carbocycles. The maximum Gasteiger partial charge on any atom is 0.295 e. The standard InChI is InChI=1S/C29H37NO5/c1-7-19-10-12-20(13-11-19)25-24(27(32)28(33)30(25)16-9-17-34-6)26(31)21-14-15-23(35-8-2)22(18-21)29(3,4)5/h10-15,18,25,31H,7-9,16-17H2,1-6H3/b26-24-. The van der Waals surface area contributed by atoms with Gasteiger partial charge < -0.3 is 19.5 Å². The van der Waals surface area contributed by atoms with Gasteiger partial charge in [0.1, 0.15) is 11.5 Å². The van der Waals surface area contributed by atoms with Crippen molar-refractivity contribution >= 4 is 17.4 Å². The van der Waals surface area contributed by atoms with Crippen molar-refractivity contribution in [2.75, 3.05) is 26.9 Å². The molecule has 0 spiro atoms. The lowest BCUT2D eigenvalue weighted by molar-refractivity contribution is -0.140. The number of hydrogen-bond donors (Lipinski definition) is 1. The third-order valence-corrected chi connectivity index (χ3v) is 6.35. The number of aliphatic hydroxyl groups excluding tert-OH is 1. The molecule has 1 heterocycles. The maximum absolute atomic E-state index is 13.3. The quantitative estimate of drug-likeness (QED) is 0.225. The van der Waals surface area contributed by atoms with E-state index in [1.807, 2.05) is 43.3 Å². The van der Waals surface area contributed by atoms with E-state index in [9.17, 15) is 14.7 Å². The van der Waals surface area contributed by atoms with Gasteiger partial charge in [0.25, 0.3) is 11.7 Å². The van der Waals surface area contributed by atoms with Crippen molar-refractivity contribution in [1.29, 1.82) is 0 Å². The number of ether oxygens (including phenoxy) is 2. The van der Waals surface area contributed by atoms with Gasteiger partial charge in [-0.15, -0.1) is 0 Å². The molecule has 1 fully saturated rings. The summed E-state index contributed by atoms with van der Waals surface area (Å²) in [5.41, 5.74) is 3.22. The van der Waals surface area contributed by atoms with Gasteiger partial charge in [0.15, 0.2) is 0 Å². The highest BCUT2D eigenvalue weighted by Gasteiger charge is 2.45. The Morgan fingerprint density at radius 2 is 1.74 bits per heavy atom. The lowest BCUT2D eigenvalue weighted by Gasteiger charge is -2.26. The van der Waals surface area contributed by atoms with Crippen molar-refractivity contribution in [2.45, 2.75) is 58.9 Å².